The van der Waals surface area contributed by atoms with Gasteiger partial charge in [0.05, 0.1) is 5.54 Å². The zero-order valence-electron chi connectivity index (χ0n) is 10.9. The lowest BCUT2D eigenvalue weighted by atomic mass is 9.82. The second kappa shape index (κ2) is 5.15. The highest BCUT2D eigenvalue weighted by atomic mass is 16.5. The quantitative estimate of drug-likeness (QED) is 0.752. The molecule has 0 radical (unpaired) electrons. The van der Waals surface area contributed by atoms with Crippen molar-refractivity contribution in [2.24, 2.45) is 5.41 Å². The molecule has 4 nitrogen and oxygen atoms in total. The Balaban J connectivity index is 2.41. The van der Waals surface area contributed by atoms with Crippen LogP contribution < -0.4 is 10.6 Å². The number of amides is 1. The third-order valence-corrected chi connectivity index (χ3v) is 3.57. The minimum atomic E-state index is -0.498. The van der Waals surface area contributed by atoms with E-state index in [1.54, 1.807) is 7.05 Å². The van der Waals surface area contributed by atoms with Gasteiger partial charge in [-0.1, -0.05) is 6.92 Å². The van der Waals surface area contributed by atoms with Crippen molar-refractivity contribution in [3.8, 4) is 0 Å². The highest BCUT2D eigenvalue weighted by Crippen LogP contribution is 2.28. The SMILES string of the molecule is CNC(C)(C)C(=O)NCC1(C)CCOCC1. The molecule has 1 amide bonds. The van der Waals surface area contributed by atoms with Gasteiger partial charge in [0.2, 0.25) is 5.91 Å². The van der Waals surface area contributed by atoms with Crippen molar-refractivity contribution in [1.82, 2.24) is 10.6 Å². The van der Waals surface area contributed by atoms with Crippen LogP contribution in [0.15, 0.2) is 0 Å². The van der Waals surface area contributed by atoms with E-state index in [0.717, 1.165) is 32.6 Å². The number of hydrogen-bond donors (Lipinski definition) is 2. The normalized spacial score (nSPS) is 20.5. The van der Waals surface area contributed by atoms with Crippen molar-refractivity contribution < 1.29 is 9.53 Å². The van der Waals surface area contributed by atoms with Crippen molar-refractivity contribution in [1.29, 1.82) is 0 Å². The molecule has 1 aliphatic heterocycles. The first-order chi connectivity index (χ1) is 7.40. The predicted octanol–water partition coefficient (Wildman–Crippen LogP) is 0.917. The van der Waals surface area contributed by atoms with Crippen molar-refractivity contribution in [3.05, 3.63) is 0 Å². The van der Waals surface area contributed by atoms with Gasteiger partial charge in [-0.05, 0) is 39.2 Å². The molecule has 0 bridgehead atoms. The van der Waals surface area contributed by atoms with Crippen LogP contribution in [0.2, 0.25) is 0 Å². The van der Waals surface area contributed by atoms with Gasteiger partial charge in [0.25, 0.3) is 0 Å². The Morgan fingerprint density at radius 1 is 1.38 bits per heavy atom. The first-order valence-corrected chi connectivity index (χ1v) is 5.95. The number of likely N-dealkylation sites (N-methyl/N-ethyl adjacent to an activating group) is 1. The van der Waals surface area contributed by atoms with Crippen molar-refractivity contribution in [2.45, 2.75) is 39.2 Å². The fourth-order valence-electron chi connectivity index (χ4n) is 1.67. The summed E-state index contributed by atoms with van der Waals surface area (Å²) in [5, 5.41) is 6.03. The van der Waals surface area contributed by atoms with Gasteiger partial charge in [-0.15, -0.1) is 0 Å². The molecule has 2 N–H and O–H groups in total. The van der Waals surface area contributed by atoms with Gasteiger partial charge in [-0.25, -0.2) is 0 Å². The molecule has 16 heavy (non-hydrogen) atoms. The summed E-state index contributed by atoms with van der Waals surface area (Å²) < 4.78 is 5.34. The maximum absolute atomic E-state index is 11.9. The molecular formula is C12H24N2O2. The van der Waals surface area contributed by atoms with Crippen LogP contribution in [-0.4, -0.2) is 38.3 Å². The minimum absolute atomic E-state index is 0.0581. The summed E-state index contributed by atoms with van der Waals surface area (Å²) in [6.07, 6.45) is 2.04. The molecule has 0 aromatic rings. The van der Waals surface area contributed by atoms with Crippen molar-refractivity contribution in [3.63, 3.8) is 0 Å². The third-order valence-electron chi connectivity index (χ3n) is 3.57. The fourth-order valence-corrected chi connectivity index (χ4v) is 1.67. The number of nitrogens with one attached hydrogen (secondary N) is 2. The second-order valence-corrected chi connectivity index (χ2v) is 5.48. The number of carbonyl (C=O) groups is 1. The molecule has 1 rings (SSSR count). The van der Waals surface area contributed by atoms with E-state index < -0.39 is 5.54 Å². The summed E-state index contributed by atoms with van der Waals surface area (Å²) in [7, 11) is 1.80. The zero-order valence-corrected chi connectivity index (χ0v) is 10.9. The lowest BCUT2D eigenvalue weighted by molar-refractivity contribution is -0.127. The van der Waals surface area contributed by atoms with Crippen LogP contribution in [0, 0.1) is 5.41 Å². The molecule has 0 spiro atoms. The Hall–Kier alpha value is -0.610. The summed E-state index contributed by atoms with van der Waals surface area (Å²) in [5.74, 6) is 0.0581. The standard InChI is InChI=1S/C12H24N2O2/c1-11(2,13-4)10(15)14-9-12(3)5-7-16-8-6-12/h13H,5-9H2,1-4H3,(H,14,15). The van der Waals surface area contributed by atoms with E-state index in [0.29, 0.717) is 0 Å². The lowest BCUT2D eigenvalue weighted by Gasteiger charge is -2.34. The highest BCUT2D eigenvalue weighted by molar-refractivity contribution is 5.85. The van der Waals surface area contributed by atoms with Crippen LogP contribution >= 0.6 is 0 Å². The maximum Gasteiger partial charge on any atom is 0.239 e. The summed E-state index contributed by atoms with van der Waals surface area (Å²) in [4.78, 5) is 11.9. The largest absolute Gasteiger partial charge is 0.381 e. The van der Waals surface area contributed by atoms with E-state index in [2.05, 4.69) is 17.6 Å². The van der Waals surface area contributed by atoms with E-state index in [1.165, 1.54) is 0 Å². The minimum Gasteiger partial charge on any atom is -0.381 e. The van der Waals surface area contributed by atoms with Gasteiger partial charge in [0.1, 0.15) is 0 Å². The molecule has 4 heteroatoms. The van der Waals surface area contributed by atoms with Crippen molar-refractivity contribution >= 4 is 5.91 Å². The number of ether oxygens (including phenoxy) is 1. The second-order valence-electron chi connectivity index (χ2n) is 5.48. The molecule has 0 atom stereocenters. The molecule has 0 aromatic carbocycles. The average Bonchev–Trinajstić information content (AvgIpc) is 2.27. The molecule has 0 aliphatic carbocycles. The van der Waals surface area contributed by atoms with Crippen LogP contribution in [-0.2, 0) is 9.53 Å². The predicted molar refractivity (Wildman–Crippen MR) is 64.3 cm³/mol. The smallest absolute Gasteiger partial charge is 0.239 e. The molecule has 0 unspecified atom stereocenters. The summed E-state index contributed by atoms with van der Waals surface area (Å²) in [6, 6.07) is 0. The molecule has 1 fully saturated rings. The van der Waals surface area contributed by atoms with Crippen LogP contribution in [0.3, 0.4) is 0 Å². The molecular weight excluding hydrogens is 204 g/mol. The Morgan fingerprint density at radius 3 is 2.44 bits per heavy atom. The van der Waals surface area contributed by atoms with E-state index in [4.69, 9.17) is 4.74 Å². The van der Waals surface area contributed by atoms with Crippen LogP contribution in [0.4, 0.5) is 0 Å². The average molecular weight is 228 g/mol. The van der Waals surface area contributed by atoms with Gasteiger partial charge >= 0.3 is 0 Å². The van der Waals surface area contributed by atoms with Crippen LogP contribution in [0.5, 0.6) is 0 Å². The first-order valence-electron chi connectivity index (χ1n) is 5.95. The Morgan fingerprint density at radius 2 is 1.94 bits per heavy atom. The Labute approximate surface area is 98.1 Å². The van der Waals surface area contributed by atoms with Gasteiger partial charge < -0.3 is 15.4 Å². The number of hydrogen-bond acceptors (Lipinski definition) is 3. The third kappa shape index (κ3) is 3.46. The number of carbonyl (C=O) groups excluding carboxylic acids is 1. The maximum atomic E-state index is 11.9. The van der Waals surface area contributed by atoms with Gasteiger partial charge in [-0.2, -0.15) is 0 Å². The van der Waals surface area contributed by atoms with Gasteiger partial charge in [-0.3, -0.25) is 4.79 Å². The summed E-state index contributed by atoms with van der Waals surface area (Å²) in [6.45, 7) is 8.33. The van der Waals surface area contributed by atoms with Crippen molar-refractivity contribution in [2.75, 3.05) is 26.8 Å². The monoisotopic (exact) mass is 228 g/mol. The number of rotatable bonds is 4. The van der Waals surface area contributed by atoms with E-state index in [1.807, 2.05) is 13.8 Å². The van der Waals surface area contributed by atoms with Gasteiger partial charge in [0, 0.05) is 19.8 Å². The van der Waals surface area contributed by atoms with E-state index >= 15 is 0 Å². The molecule has 0 aromatic heterocycles. The van der Waals surface area contributed by atoms with Crippen LogP contribution in [0.25, 0.3) is 0 Å². The molecule has 1 aliphatic rings. The molecule has 1 heterocycles. The van der Waals surface area contributed by atoms with E-state index in [-0.39, 0.29) is 11.3 Å². The molecule has 94 valence electrons. The fraction of sp³-hybridized carbons (Fsp3) is 0.917. The Bertz CT molecular complexity index is 245. The lowest BCUT2D eigenvalue weighted by Crippen LogP contribution is -2.53. The van der Waals surface area contributed by atoms with Crippen LogP contribution in [0.1, 0.15) is 33.6 Å². The molecule has 1 saturated heterocycles. The van der Waals surface area contributed by atoms with E-state index in [9.17, 15) is 4.79 Å². The first kappa shape index (κ1) is 13.5. The topological polar surface area (TPSA) is 50.4 Å². The van der Waals surface area contributed by atoms with Gasteiger partial charge in [0.15, 0.2) is 0 Å². The molecule has 0 saturated carbocycles. The Kier molecular flexibility index (Phi) is 4.33. The highest BCUT2D eigenvalue weighted by Gasteiger charge is 2.31. The summed E-state index contributed by atoms with van der Waals surface area (Å²) >= 11 is 0. The zero-order chi connectivity index (χ0) is 12.2. The summed E-state index contributed by atoms with van der Waals surface area (Å²) in [5.41, 5.74) is -0.306.